The largest absolute Gasteiger partial charge is 0.359 e. The van der Waals surface area contributed by atoms with Gasteiger partial charge >= 0.3 is 0 Å². The van der Waals surface area contributed by atoms with E-state index in [2.05, 4.69) is 15.6 Å². The molecule has 0 unspecified atom stereocenters. The van der Waals surface area contributed by atoms with Gasteiger partial charge in [0.2, 0.25) is 12.2 Å². The van der Waals surface area contributed by atoms with Gasteiger partial charge in [0.15, 0.2) is 0 Å². The van der Waals surface area contributed by atoms with Crippen LogP contribution in [0.1, 0.15) is 38.7 Å². The molecule has 0 aliphatic heterocycles. The molecule has 108 valence electrons. The molecular formula is C12H22N4O3. The smallest absolute Gasteiger partial charge is 0.219 e. The number of ether oxygens (including phenoxy) is 2. The molecule has 0 saturated heterocycles. The molecule has 0 radical (unpaired) electrons. The number of nitrogens with zero attached hydrogens (tertiary/aromatic N) is 3. The predicted molar refractivity (Wildman–Crippen MR) is 69.3 cm³/mol. The van der Waals surface area contributed by atoms with Gasteiger partial charge in [-0.05, 0) is 20.3 Å². The van der Waals surface area contributed by atoms with Crippen LogP contribution in [0, 0.1) is 0 Å². The molecule has 1 rings (SSSR count). The minimum Gasteiger partial charge on any atom is -0.359 e. The van der Waals surface area contributed by atoms with Gasteiger partial charge in [0.25, 0.3) is 0 Å². The number of hydrogen-bond donors (Lipinski definition) is 1. The van der Waals surface area contributed by atoms with E-state index >= 15 is 0 Å². The van der Waals surface area contributed by atoms with Crippen LogP contribution >= 0.6 is 0 Å². The van der Waals surface area contributed by atoms with Gasteiger partial charge in [-0.1, -0.05) is 5.21 Å². The molecule has 1 N–H and O–H groups in total. The van der Waals surface area contributed by atoms with Crippen LogP contribution in [0.25, 0.3) is 0 Å². The number of carbonyl (C=O) groups excluding carboxylic acids is 1. The highest BCUT2D eigenvalue weighted by Gasteiger charge is 2.15. The van der Waals surface area contributed by atoms with Crippen LogP contribution in [0.3, 0.4) is 0 Å². The number of aryl methyl sites for hydroxylation is 1. The lowest BCUT2D eigenvalue weighted by atomic mass is 10.3. The summed E-state index contributed by atoms with van der Waals surface area (Å²) in [7, 11) is 1.63. The molecule has 1 aromatic heterocycles. The number of nitrogens with one attached hydrogen (secondary N) is 1. The van der Waals surface area contributed by atoms with Crippen molar-refractivity contribution >= 4 is 5.91 Å². The normalized spacial score (nSPS) is 10.9. The molecule has 0 bridgehead atoms. The number of hydrogen-bond acceptors (Lipinski definition) is 5. The van der Waals surface area contributed by atoms with Crippen molar-refractivity contribution in [1.82, 2.24) is 20.3 Å². The Bertz CT molecular complexity index is 375. The molecule has 1 amide bonds. The minimum absolute atomic E-state index is 0.0295. The topological polar surface area (TPSA) is 78.3 Å². The van der Waals surface area contributed by atoms with Gasteiger partial charge in [-0.2, -0.15) is 0 Å². The Morgan fingerprint density at radius 3 is 2.68 bits per heavy atom. The van der Waals surface area contributed by atoms with Crippen LogP contribution in [0.5, 0.6) is 0 Å². The van der Waals surface area contributed by atoms with Gasteiger partial charge in [0, 0.05) is 33.2 Å². The van der Waals surface area contributed by atoms with Gasteiger partial charge in [0.05, 0.1) is 6.20 Å². The van der Waals surface area contributed by atoms with Gasteiger partial charge in [-0.25, -0.2) is 0 Å². The fourth-order valence-corrected chi connectivity index (χ4v) is 1.58. The standard InChI is InChI=1S/C12H22N4O3/c1-4-18-12(19-5-2)10-9-16(15-14-10)8-6-7-11(17)13-3/h9,12H,4-8H2,1-3H3,(H,13,17). The van der Waals surface area contributed by atoms with E-state index in [1.807, 2.05) is 13.8 Å². The predicted octanol–water partition coefficient (Wildman–Crippen LogP) is 0.876. The highest BCUT2D eigenvalue weighted by atomic mass is 16.7. The van der Waals surface area contributed by atoms with Crippen LogP contribution in [0.2, 0.25) is 0 Å². The summed E-state index contributed by atoms with van der Waals surface area (Å²) in [5, 5.41) is 10.6. The summed E-state index contributed by atoms with van der Waals surface area (Å²) in [6.45, 7) is 5.55. The molecule has 0 aliphatic rings. The summed E-state index contributed by atoms with van der Waals surface area (Å²) < 4.78 is 12.6. The second-order valence-corrected chi connectivity index (χ2v) is 3.93. The van der Waals surface area contributed by atoms with E-state index in [4.69, 9.17) is 9.47 Å². The molecule has 0 fully saturated rings. The minimum atomic E-state index is -0.470. The summed E-state index contributed by atoms with van der Waals surface area (Å²) in [4.78, 5) is 11.1. The Hall–Kier alpha value is -1.47. The molecule has 0 aromatic carbocycles. The summed E-state index contributed by atoms with van der Waals surface area (Å²) >= 11 is 0. The molecule has 0 aliphatic carbocycles. The Morgan fingerprint density at radius 1 is 1.42 bits per heavy atom. The first-order valence-corrected chi connectivity index (χ1v) is 6.55. The van der Waals surface area contributed by atoms with E-state index in [9.17, 15) is 4.79 Å². The first-order valence-electron chi connectivity index (χ1n) is 6.55. The van der Waals surface area contributed by atoms with Crippen molar-refractivity contribution in [3.63, 3.8) is 0 Å². The lowest BCUT2D eigenvalue weighted by Crippen LogP contribution is -2.17. The average Bonchev–Trinajstić information content (AvgIpc) is 2.87. The van der Waals surface area contributed by atoms with E-state index in [-0.39, 0.29) is 5.91 Å². The van der Waals surface area contributed by atoms with Crippen LogP contribution in [0.4, 0.5) is 0 Å². The molecule has 1 aromatic rings. The SMILES string of the molecule is CCOC(OCC)c1cn(CCCC(=O)NC)nn1. The number of rotatable bonds is 9. The fraction of sp³-hybridized carbons (Fsp3) is 0.750. The second kappa shape index (κ2) is 8.60. The first-order chi connectivity index (χ1) is 9.21. The molecular weight excluding hydrogens is 248 g/mol. The van der Waals surface area contributed by atoms with Gasteiger partial charge < -0.3 is 14.8 Å². The highest BCUT2D eigenvalue weighted by molar-refractivity contribution is 5.75. The Morgan fingerprint density at radius 2 is 2.11 bits per heavy atom. The van der Waals surface area contributed by atoms with Crippen molar-refractivity contribution < 1.29 is 14.3 Å². The van der Waals surface area contributed by atoms with E-state index in [1.54, 1.807) is 17.9 Å². The quantitative estimate of drug-likeness (QED) is 0.674. The fourth-order valence-electron chi connectivity index (χ4n) is 1.58. The maximum absolute atomic E-state index is 11.1. The van der Waals surface area contributed by atoms with Crippen LogP contribution in [0.15, 0.2) is 6.20 Å². The molecule has 7 nitrogen and oxygen atoms in total. The zero-order chi connectivity index (χ0) is 14.1. The first kappa shape index (κ1) is 15.6. The van der Waals surface area contributed by atoms with Gasteiger partial charge in [0.1, 0.15) is 5.69 Å². The second-order valence-electron chi connectivity index (χ2n) is 3.93. The lowest BCUT2D eigenvalue weighted by molar-refractivity contribution is -0.142. The monoisotopic (exact) mass is 270 g/mol. The molecule has 0 saturated carbocycles. The Balaban J connectivity index is 2.48. The summed E-state index contributed by atoms with van der Waals surface area (Å²) in [5.41, 5.74) is 0.656. The summed E-state index contributed by atoms with van der Waals surface area (Å²) in [6, 6.07) is 0. The Kier molecular flexibility index (Phi) is 7.06. The average molecular weight is 270 g/mol. The maximum Gasteiger partial charge on any atom is 0.219 e. The van der Waals surface area contributed by atoms with E-state index in [1.165, 1.54) is 0 Å². The third-order valence-electron chi connectivity index (χ3n) is 2.50. The third-order valence-corrected chi connectivity index (χ3v) is 2.50. The van der Waals surface area contributed by atoms with E-state index < -0.39 is 6.29 Å². The van der Waals surface area contributed by atoms with Crippen molar-refractivity contribution in [2.45, 2.75) is 39.5 Å². The highest BCUT2D eigenvalue weighted by Crippen LogP contribution is 2.15. The van der Waals surface area contributed by atoms with Gasteiger partial charge in [-0.15, -0.1) is 5.10 Å². The molecule has 7 heteroatoms. The Labute approximate surface area is 113 Å². The van der Waals surface area contributed by atoms with Crippen LogP contribution in [-0.4, -0.2) is 41.2 Å². The molecule has 0 atom stereocenters. The van der Waals surface area contributed by atoms with E-state index in [0.29, 0.717) is 31.9 Å². The lowest BCUT2D eigenvalue weighted by Gasteiger charge is -2.13. The molecule has 19 heavy (non-hydrogen) atoms. The van der Waals surface area contributed by atoms with Crippen LogP contribution < -0.4 is 5.32 Å². The van der Waals surface area contributed by atoms with Crippen molar-refractivity contribution in [1.29, 1.82) is 0 Å². The number of aromatic nitrogens is 3. The number of amides is 1. The third kappa shape index (κ3) is 5.35. The zero-order valence-corrected chi connectivity index (χ0v) is 11.8. The van der Waals surface area contributed by atoms with Crippen LogP contribution in [-0.2, 0) is 20.8 Å². The summed E-state index contributed by atoms with van der Waals surface area (Å²) in [6.07, 6.45) is 2.52. The maximum atomic E-state index is 11.1. The molecule has 1 heterocycles. The van der Waals surface area contributed by atoms with Crippen molar-refractivity contribution in [2.24, 2.45) is 0 Å². The zero-order valence-electron chi connectivity index (χ0n) is 11.8. The van der Waals surface area contributed by atoms with E-state index in [0.717, 1.165) is 6.42 Å². The molecule has 0 spiro atoms. The van der Waals surface area contributed by atoms with Crippen molar-refractivity contribution in [3.05, 3.63) is 11.9 Å². The summed E-state index contributed by atoms with van der Waals surface area (Å²) in [5.74, 6) is 0.0295. The van der Waals surface area contributed by atoms with Crippen molar-refractivity contribution in [2.75, 3.05) is 20.3 Å². The van der Waals surface area contributed by atoms with Crippen molar-refractivity contribution in [3.8, 4) is 0 Å². The number of carbonyl (C=O) groups is 1. The van der Waals surface area contributed by atoms with Gasteiger partial charge in [-0.3, -0.25) is 9.48 Å².